The van der Waals surface area contributed by atoms with Crippen molar-refractivity contribution < 1.29 is 0 Å². The highest BCUT2D eigenvalue weighted by molar-refractivity contribution is 4.74. The van der Waals surface area contributed by atoms with Crippen molar-refractivity contribution in [1.29, 1.82) is 0 Å². The van der Waals surface area contributed by atoms with Gasteiger partial charge in [-0.3, -0.25) is 0 Å². The summed E-state index contributed by atoms with van der Waals surface area (Å²) in [6, 6.07) is 0. The van der Waals surface area contributed by atoms with Gasteiger partial charge in [0.15, 0.2) is 0 Å². The third-order valence-electron chi connectivity index (χ3n) is 3.40. The van der Waals surface area contributed by atoms with Crippen LogP contribution in [0.4, 0.5) is 0 Å². The summed E-state index contributed by atoms with van der Waals surface area (Å²) in [6.45, 7) is 7.14. The van der Waals surface area contributed by atoms with E-state index in [2.05, 4.69) is 20.8 Å². The zero-order valence-corrected chi connectivity index (χ0v) is 8.27. The Morgan fingerprint density at radius 1 is 1.09 bits per heavy atom. The van der Waals surface area contributed by atoms with Crippen molar-refractivity contribution in [2.45, 2.75) is 52.9 Å². The van der Waals surface area contributed by atoms with E-state index < -0.39 is 0 Å². The fraction of sp³-hybridized carbons (Fsp3) is 1.00. The molecule has 0 N–H and O–H groups in total. The van der Waals surface area contributed by atoms with Crippen LogP contribution in [-0.4, -0.2) is 0 Å². The summed E-state index contributed by atoms with van der Waals surface area (Å²) in [7, 11) is 0. The van der Waals surface area contributed by atoms with E-state index in [0.717, 1.165) is 17.8 Å². The number of rotatable bonds is 2. The normalized spacial score (nSPS) is 39.0. The van der Waals surface area contributed by atoms with Crippen LogP contribution < -0.4 is 0 Å². The zero-order valence-electron chi connectivity index (χ0n) is 8.27. The van der Waals surface area contributed by atoms with E-state index in [-0.39, 0.29) is 0 Å². The third kappa shape index (κ3) is 2.50. The van der Waals surface area contributed by atoms with Crippen molar-refractivity contribution in [3.63, 3.8) is 0 Å². The molecule has 0 saturated heterocycles. The molecule has 0 bridgehead atoms. The highest BCUT2D eigenvalue weighted by Crippen LogP contribution is 2.35. The van der Waals surface area contributed by atoms with Gasteiger partial charge in [0.25, 0.3) is 0 Å². The molecule has 0 heterocycles. The van der Waals surface area contributed by atoms with E-state index in [1.54, 1.807) is 0 Å². The molecule has 0 amide bonds. The van der Waals surface area contributed by atoms with Crippen LogP contribution >= 0.6 is 0 Å². The summed E-state index contributed by atoms with van der Waals surface area (Å²) in [6.07, 6.45) is 7.32. The van der Waals surface area contributed by atoms with Crippen molar-refractivity contribution in [3.8, 4) is 0 Å². The lowest BCUT2D eigenvalue weighted by Gasteiger charge is -2.31. The van der Waals surface area contributed by atoms with Crippen LogP contribution in [0.15, 0.2) is 0 Å². The highest BCUT2D eigenvalue weighted by atomic mass is 14.3. The first-order valence-corrected chi connectivity index (χ1v) is 5.24. The monoisotopic (exact) mass is 154 g/mol. The molecule has 0 aromatic rings. The fourth-order valence-corrected chi connectivity index (χ4v) is 2.33. The molecule has 0 nitrogen and oxygen atoms in total. The van der Waals surface area contributed by atoms with Gasteiger partial charge in [0.2, 0.25) is 0 Å². The lowest BCUT2D eigenvalue weighted by molar-refractivity contribution is 0.199. The van der Waals surface area contributed by atoms with Crippen LogP contribution in [0.2, 0.25) is 0 Å². The molecule has 1 fully saturated rings. The van der Waals surface area contributed by atoms with E-state index in [0.29, 0.717) is 0 Å². The van der Waals surface area contributed by atoms with Crippen molar-refractivity contribution >= 4 is 0 Å². The molecule has 1 rings (SSSR count). The second kappa shape index (κ2) is 4.13. The van der Waals surface area contributed by atoms with Crippen LogP contribution in [0.3, 0.4) is 0 Å². The first kappa shape index (κ1) is 9.09. The maximum absolute atomic E-state index is 2.42. The Kier molecular flexibility index (Phi) is 3.42. The average Bonchev–Trinajstić information content (AvgIpc) is 1.98. The first-order chi connectivity index (χ1) is 5.24. The van der Waals surface area contributed by atoms with Crippen molar-refractivity contribution in [3.05, 3.63) is 0 Å². The minimum atomic E-state index is 0.986. The van der Waals surface area contributed by atoms with Gasteiger partial charge in [-0.1, -0.05) is 46.5 Å². The van der Waals surface area contributed by atoms with Crippen molar-refractivity contribution in [1.82, 2.24) is 0 Å². The Balaban J connectivity index is 2.28. The van der Waals surface area contributed by atoms with Gasteiger partial charge in [-0.2, -0.15) is 0 Å². The van der Waals surface area contributed by atoms with Gasteiger partial charge in [0.1, 0.15) is 0 Å². The van der Waals surface area contributed by atoms with E-state index in [1.165, 1.54) is 32.1 Å². The first-order valence-electron chi connectivity index (χ1n) is 5.24. The standard InChI is InChI=1S/C11H22/c1-4-5-11-7-6-9(2)10(3)8-11/h9-11H,4-8H2,1-3H3/t9-,10?,11+/m1/s1. The van der Waals surface area contributed by atoms with E-state index >= 15 is 0 Å². The Hall–Kier alpha value is 0. The Bertz CT molecular complexity index is 107. The van der Waals surface area contributed by atoms with E-state index in [9.17, 15) is 0 Å². The Labute approximate surface area is 71.4 Å². The average molecular weight is 154 g/mol. The second-order valence-electron chi connectivity index (χ2n) is 4.42. The van der Waals surface area contributed by atoms with E-state index in [4.69, 9.17) is 0 Å². The SMILES string of the molecule is CCC[C@H]1CC[C@@H](C)C(C)C1. The molecule has 1 saturated carbocycles. The molecular weight excluding hydrogens is 132 g/mol. The summed E-state index contributed by atoms with van der Waals surface area (Å²) in [5.74, 6) is 3.04. The largest absolute Gasteiger partial charge is 0.0654 e. The lowest BCUT2D eigenvalue weighted by Crippen LogP contribution is -2.20. The summed E-state index contributed by atoms with van der Waals surface area (Å²) >= 11 is 0. The van der Waals surface area contributed by atoms with Gasteiger partial charge >= 0.3 is 0 Å². The molecule has 11 heavy (non-hydrogen) atoms. The van der Waals surface area contributed by atoms with Crippen LogP contribution in [0.5, 0.6) is 0 Å². The maximum atomic E-state index is 2.42. The number of hydrogen-bond donors (Lipinski definition) is 0. The molecule has 1 aliphatic rings. The Morgan fingerprint density at radius 3 is 2.36 bits per heavy atom. The quantitative estimate of drug-likeness (QED) is 0.566. The molecular formula is C11H22. The second-order valence-corrected chi connectivity index (χ2v) is 4.42. The van der Waals surface area contributed by atoms with Gasteiger partial charge in [-0.25, -0.2) is 0 Å². The molecule has 1 unspecified atom stereocenters. The van der Waals surface area contributed by atoms with Crippen molar-refractivity contribution in [2.24, 2.45) is 17.8 Å². The van der Waals surface area contributed by atoms with Gasteiger partial charge in [-0.05, 0) is 24.2 Å². The summed E-state index contributed by atoms with van der Waals surface area (Å²) in [5.41, 5.74) is 0. The van der Waals surface area contributed by atoms with Crippen LogP contribution in [0.1, 0.15) is 52.9 Å². The molecule has 0 spiro atoms. The minimum absolute atomic E-state index is 0.986. The summed E-state index contributed by atoms with van der Waals surface area (Å²) < 4.78 is 0. The fourth-order valence-electron chi connectivity index (χ4n) is 2.33. The van der Waals surface area contributed by atoms with Gasteiger partial charge < -0.3 is 0 Å². The topological polar surface area (TPSA) is 0 Å². The number of hydrogen-bond acceptors (Lipinski definition) is 0. The maximum Gasteiger partial charge on any atom is -0.0412 e. The lowest BCUT2D eigenvalue weighted by atomic mass is 9.74. The summed E-state index contributed by atoms with van der Waals surface area (Å²) in [5, 5.41) is 0. The predicted octanol–water partition coefficient (Wildman–Crippen LogP) is 3.86. The molecule has 0 aliphatic heterocycles. The Morgan fingerprint density at radius 2 is 1.82 bits per heavy atom. The molecule has 66 valence electrons. The van der Waals surface area contributed by atoms with Crippen LogP contribution in [0.25, 0.3) is 0 Å². The van der Waals surface area contributed by atoms with E-state index in [1.807, 2.05) is 0 Å². The van der Waals surface area contributed by atoms with Crippen LogP contribution in [0, 0.1) is 17.8 Å². The van der Waals surface area contributed by atoms with Gasteiger partial charge in [-0.15, -0.1) is 0 Å². The zero-order chi connectivity index (χ0) is 8.27. The smallest absolute Gasteiger partial charge is 0.0412 e. The van der Waals surface area contributed by atoms with Crippen LogP contribution in [-0.2, 0) is 0 Å². The molecule has 0 aromatic carbocycles. The molecule has 0 heteroatoms. The molecule has 3 atom stereocenters. The van der Waals surface area contributed by atoms with Crippen molar-refractivity contribution in [2.75, 3.05) is 0 Å². The molecule has 0 radical (unpaired) electrons. The van der Waals surface area contributed by atoms with Gasteiger partial charge in [0, 0.05) is 0 Å². The molecule has 0 aromatic heterocycles. The summed E-state index contributed by atoms with van der Waals surface area (Å²) in [4.78, 5) is 0. The third-order valence-corrected chi connectivity index (χ3v) is 3.40. The predicted molar refractivity (Wildman–Crippen MR) is 50.6 cm³/mol. The minimum Gasteiger partial charge on any atom is -0.0654 e. The highest BCUT2D eigenvalue weighted by Gasteiger charge is 2.23. The van der Waals surface area contributed by atoms with Gasteiger partial charge in [0.05, 0.1) is 0 Å². The molecule has 1 aliphatic carbocycles.